The minimum Gasteiger partial charge on any atom is -0.481 e. The minimum absolute atomic E-state index is 0.257. The number of carboxylic acid groups (broad SMARTS) is 1. The maximum atomic E-state index is 11.5. The molecular weight excluding hydrogens is 258 g/mol. The Morgan fingerprint density at radius 1 is 1.50 bits per heavy atom. The lowest BCUT2D eigenvalue weighted by atomic mass is 9.85. The van der Waals surface area contributed by atoms with E-state index < -0.39 is 17.3 Å². The van der Waals surface area contributed by atoms with Gasteiger partial charge in [-0.3, -0.25) is 9.59 Å². The third-order valence-electron chi connectivity index (χ3n) is 4.06. The molecule has 6 nitrogen and oxygen atoms in total. The Labute approximate surface area is 117 Å². The van der Waals surface area contributed by atoms with E-state index in [1.807, 2.05) is 0 Å². The molecule has 0 saturated heterocycles. The average molecular weight is 277 g/mol. The van der Waals surface area contributed by atoms with E-state index in [0.29, 0.717) is 12.2 Å². The van der Waals surface area contributed by atoms with Crippen molar-refractivity contribution in [2.45, 2.75) is 39.2 Å². The second-order valence-electron chi connectivity index (χ2n) is 5.52. The van der Waals surface area contributed by atoms with Gasteiger partial charge in [0, 0.05) is 11.7 Å². The summed E-state index contributed by atoms with van der Waals surface area (Å²) in [6.07, 6.45) is 2.17. The predicted molar refractivity (Wildman–Crippen MR) is 74.5 cm³/mol. The molecule has 2 atom stereocenters. The van der Waals surface area contributed by atoms with E-state index in [0.717, 1.165) is 18.5 Å². The first-order valence-corrected chi connectivity index (χ1v) is 6.62. The Hall–Kier alpha value is -2.11. The summed E-state index contributed by atoms with van der Waals surface area (Å²) in [6, 6.07) is 3.06. The summed E-state index contributed by atoms with van der Waals surface area (Å²) < 4.78 is 0. The van der Waals surface area contributed by atoms with Gasteiger partial charge in [0.1, 0.15) is 5.82 Å². The number of hydrogen-bond donors (Lipinski definition) is 3. The Kier molecular flexibility index (Phi) is 3.65. The Morgan fingerprint density at radius 2 is 2.20 bits per heavy atom. The van der Waals surface area contributed by atoms with E-state index in [1.165, 1.54) is 0 Å². The fourth-order valence-corrected chi connectivity index (χ4v) is 2.68. The number of primary amides is 1. The second kappa shape index (κ2) is 5.11. The zero-order chi connectivity index (χ0) is 14.9. The SMILES string of the molecule is Cc1ccc(C(N)=O)c(NC2CCCC2(C)C(=O)O)n1. The lowest BCUT2D eigenvalue weighted by Crippen LogP contribution is -2.40. The van der Waals surface area contributed by atoms with E-state index in [2.05, 4.69) is 10.3 Å². The monoisotopic (exact) mass is 277 g/mol. The zero-order valence-electron chi connectivity index (χ0n) is 11.6. The molecule has 1 aliphatic carbocycles. The van der Waals surface area contributed by atoms with Gasteiger partial charge < -0.3 is 16.2 Å². The quantitative estimate of drug-likeness (QED) is 0.774. The zero-order valence-corrected chi connectivity index (χ0v) is 11.6. The smallest absolute Gasteiger partial charge is 0.311 e. The van der Waals surface area contributed by atoms with Crippen LogP contribution in [-0.4, -0.2) is 28.0 Å². The van der Waals surface area contributed by atoms with Crippen molar-refractivity contribution in [3.05, 3.63) is 23.4 Å². The molecular formula is C14H19N3O3. The summed E-state index contributed by atoms with van der Waals surface area (Å²) in [5.74, 6) is -1.03. The van der Waals surface area contributed by atoms with Gasteiger partial charge in [-0.1, -0.05) is 6.42 Å². The number of pyridine rings is 1. The molecule has 2 unspecified atom stereocenters. The van der Waals surface area contributed by atoms with Gasteiger partial charge in [0.2, 0.25) is 0 Å². The molecule has 1 aliphatic rings. The Morgan fingerprint density at radius 3 is 2.80 bits per heavy atom. The minimum atomic E-state index is -0.847. The van der Waals surface area contributed by atoms with Gasteiger partial charge in [0.25, 0.3) is 5.91 Å². The van der Waals surface area contributed by atoms with E-state index in [9.17, 15) is 14.7 Å². The van der Waals surface area contributed by atoms with Crippen LogP contribution in [0.4, 0.5) is 5.82 Å². The van der Waals surface area contributed by atoms with Crippen molar-refractivity contribution < 1.29 is 14.7 Å². The van der Waals surface area contributed by atoms with E-state index in [1.54, 1.807) is 26.0 Å². The summed E-state index contributed by atoms with van der Waals surface area (Å²) in [4.78, 5) is 27.2. The number of aromatic nitrogens is 1. The lowest BCUT2D eigenvalue weighted by molar-refractivity contribution is -0.147. The van der Waals surface area contributed by atoms with Crippen LogP contribution in [0.3, 0.4) is 0 Å². The van der Waals surface area contributed by atoms with Crippen molar-refractivity contribution in [3.8, 4) is 0 Å². The van der Waals surface area contributed by atoms with Crippen LogP contribution in [-0.2, 0) is 4.79 Å². The summed E-state index contributed by atoms with van der Waals surface area (Å²) >= 11 is 0. The molecule has 2 rings (SSSR count). The van der Waals surface area contributed by atoms with Crippen LogP contribution in [0.1, 0.15) is 42.2 Å². The number of aliphatic carboxylic acids is 1. The highest BCUT2D eigenvalue weighted by Crippen LogP contribution is 2.40. The van der Waals surface area contributed by atoms with Crippen LogP contribution < -0.4 is 11.1 Å². The number of aryl methyl sites for hydroxylation is 1. The Balaban J connectivity index is 2.32. The molecule has 1 aromatic rings. The summed E-state index contributed by atoms with van der Waals surface area (Å²) in [6.45, 7) is 3.53. The number of nitrogens with two attached hydrogens (primary N) is 1. The van der Waals surface area contributed by atoms with Crippen LogP contribution in [0.15, 0.2) is 12.1 Å². The van der Waals surface area contributed by atoms with E-state index in [4.69, 9.17) is 5.73 Å². The van der Waals surface area contributed by atoms with Gasteiger partial charge in [0.15, 0.2) is 0 Å². The maximum absolute atomic E-state index is 11.5. The molecule has 1 saturated carbocycles. The van der Waals surface area contributed by atoms with Gasteiger partial charge in [0.05, 0.1) is 11.0 Å². The number of anilines is 1. The van der Waals surface area contributed by atoms with Crippen molar-refractivity contribution >= 4 is 17.7 Å². The molecule has 108 valence electrons. The van der Waals surface area contributed by atoms with Crippen LogP contribution in [0.2, 0.25) is 0 Å². The number of hydrogen-bond acceptors (Lipinski definition) is 4. The van der Waals surface area contributed by atoms with Crippen LogP contribution in [0.5, 0.6) is 0 Å². The Bertz CT molecular complexity index is 559. The van der Waals surface area contributed by atoms with Gasteiger partial charge in [-0.05, 0) is 38.8 Å². The van der Waals surface area contributed by atoms with E-state index in [-0.39, 0.29) is 11.6 Å². The molecule has 0 aliphatic heterocycles. The topological polar surface area (TPSA) is 105 Å². The van der Waals surface area contributed by atoms with Gasteiger partial charge >= 0.3 is 5.97 Å². The van der Waals surface area contributed by atoms with Crippen molar-refractivity contribution in [2.75, 3.05) is 5.32 Å². The normalized spacial score (nSPS) is 25.4. The van der Waals surface area contributed by atoms with Crippen molar-refractivity contribution in [1.29, 1.82) is 0 Å². The lowest BCUT2D eigenvalue weighted by Gasteiger charge is -2.28. The molecule has 0 aromatic carbocycles. The van der Waals surface area contributed by atoms with Gasteiger partial charge in [-0.2, -0.15) is 0 Å². The molecule has 0 spiro atoms. The predicted octanol–water partition coefficient (Wildman–Crippen LogP) is 1.54. The highest BCUT2D eigenvalue weighted by Gasteiger charge is 2.45. The number of carbonyl (C=O) groups excluding carboxylic acids is 1. The highest BCUT2D eigenvalue weighted by atomic mass is 16.4. The number of carbonyl (C=O) groups is 2. The number of nitrogens with one attached hydrogen (secondary N) is 1. The first-order chi connectivity index (χ1) is 9.34. The van der Waals surface area contributed by atoms with Crippen LogP contribution >= 0.6 is 0 Å². The van der Waals surface area contributed by atoms with Crippen molar-refractivity contribution in [1.82, 2.24) is 4.98 Å². The number of carboxylic acids is 1. The molecule has 1 aromatic heterocycles. The summed E-state index contributed by atoms with van der Waals surface area (Å²) in [5, 5.41) is 12.5. The number of rotatable bonds is 4. The van der Waals surface area contributed by atoms with Crippen molar-refractivity contribution in [2.24, 2.45) is 11.1 Å². The fraction of sp³-hybridized carbons (Fsp3) is 0.500. The molecule has 1 amide bonds. The molecule has 4 N–H and O–H groups in total. The number of nitrogens with zero attached hydrogens (tertiary/aromatic N) is 1. The standard InChI is InChI=1S/C14H19N3O3/c1-8-5-6-9(11(15)18)12(16-8)17-10-4-3-7-14(10,2)13(19)20/h5-6,10H,3-4,7H2,1-2H3,(H2,15,18)(H,16,17)(H,19,20). The molecule has 0 bridgehead atoms. The van der Waals surface area contributed by atoms with Crippen molar-refractivity contribution in [3.63, 3.8) is 0 Å². The maximum Gasteiger partial charge on any atom is 0.311 e. The number of amides is 1. The summed E-state index contributed by atoms with van der Waals surface area (Å²) in [7, 11) is 0. The van der Waals surface area contributed by atoms with E-state index >= 15 is 0 Å². The molecule has 6 heteroatoms. The molecule has 1 heterocycles. The highest BCUT2D eigenvalue weighted by molar-refractivity contribution is 5.97. The molecule has 0 radical (unpaired) electrons. The summed E-state index contributed by atoms with van der Waals surface area (Å²) in [5.41, 5.74) is 5.51. The molecule has 1 fully saturated rings. The van der Waals surface area contributed by atoms with Gasteiger partial charge in [-0.25, -0.2) is 4.98 Å². The van der Waals surface area contributed by atoms with Crippen LogP contribution in [0.25, 0.3) is 0 Å². The van der Waals surface area contributed by atoms with Gasteiger partial charge in [-0.15, -0.1) is 0 Å². The average Bonchev–Trinajstić information content (AvgIpc) is 2.72. The largest absolute Gasteiger partial charge is 0.481 e. The third-order valence-corrected chi connectivity index (χ3v) is 4.06. The fourth-order valence-electron chi connectivity index (χ4n) is 2.68. The first kappa shape index (κ1) is 14.3. The molecule has 20 heavy (non-hydrogen) atoms. The third kappa shape index (κ3) is 2.45. The first-order valence-electron chi connectivity index (χ1n) is 6.62. The second-order valence-corrected chi connectivity index (χ2v) is 5.52. The van der Waals surface area contributed by atoms with Crippen LogP contribution in [0, 0.1) is 12.3 Å².